The van der Waals surface area contributed by atoms with Crippen molar-refractivity contribution in [1.29, 1.82) is 0 Å². The monoisotopic (exact) mass is 321 g/mol. The van der Waals surface area contributed by atoms with Crippen LogP contribution in [0.3, 0.4) is 0 Å². The average molecular weight is 322 g/mol. The molecule has 2 aromatic rings. The highest BCUT2D eigenvalue weighted by Crippen LogP contribution is 2.22. The van der Waals surface area contributed by atoms with Crippen molar-refractivity contribution in [2.75, 3.05) is 0 Å². The van der Waals surface area contributed by atoms with Crippen LogP contribution in [0.5, 0.6) is 5.75 Å². The molecule has 4 nitrogen and oxygen atoms in total. The Hall–Kier alpha value is -1.88. The van der Waals surface area contributed by atoms with Gasteiger partial charge in [-0.15, -0.1) is 0 Å². The Kier molecular flexibility index (Phi) is 4.16. The van der Waals surface area contributed by atoms with E-state index >= 15 is 0 Å². The molecule has 19 heavy (non-hydrogen) atoms. The molecule has 1 N–H and O–H groups in total. The Morgan fingerprint density at radius 2 is 2.16 bits per heavy atom. The number of ether oxygens (including phenoxy) is 1. The van der Waals surface area contributed by atoms with Crippen LogP contribution in [0, 0.1) is 6.92 Å². The molecular formula is C14H12BrNO3. The zero-order chi connectivity index (χ0) is 13.8. The number of aromatic nitrogens is 1. The number of carboxylic acid groups (broad SMARTS) is 1. The Morgan fingerprint density at radius 3 is 2.84 bits per heavy atom. The number of hydrogen-bond donors (Lipinski definition) is 1. The minimum Gasteiger partial charge on any atom is -0.488 e. The minimum absolute atomic E-state index is 0.0673. The first-order valence-corrected chi connectivity index (χ1v) is 6.43. The van der Waals surface area contributed by atoms with Gasteiger partial charge in [0.1, 0.15) is 17.9 Å². The normalized spacial score (nSPS) is 10.2. The van der Waals surface area contributed by atoms with Gasteiger partial charge >= 0.3 is 5.97 Å². The molecular weight excluding hydrogens is 310 g/mol. The standard InChI is InChI=1S/C14H12BrNO3/c1-9-6-13(11(7-16-9)14(17)18)19-8-10-4-2-3-5-12(10)15/h2-7H,8H2,1H3,(H,17,18). The number of rotatable bonds is 4. The van der Waals surface area contributed by atoms with Crippen molar-refractivity contribution in [3.63, 3.8) is 0 Å². The van der Waals surface area contributed by atoms with Gasteiger partial charge in [0.2, 0.25) is 0 Å². The second-order valence-corrected chi connectivity index (χ2v) is 4.86. The van der Waals surface area contributed by atoms with Crippen LogP contribution in [-0.2, 0) is 6.61 Å². The first-order chi connectivity index (χ1) is 9.08. The third-order valence-electron chi connectivity index (χ3n) is 2.57. The molecule has 0 aliphatic carbocycles. The lowest BCUT2D eigenvalue weighted by Gasteiger charge is -2.10. The summed E-state index contributed by atoms with van der Waals surface area (Å²) in [6.45, 7) is 2.09. The summed E-state index contributed by atoms with van der Waals surface area (Å²) >= 11 is 3.42. The summed E-state index contributed by atoms with van der Waals surface area (Å²) in [5.41, 5.74) is 1.73. The van der Waals surface area contributed by atoms with Gasteiger partial charge in [-0.1, -0.05) is 34.1 Å². The summed E-state index contributed by atoms with van der Waals surface area (Å²) in [5.74, 6) is -0.717. The van der Waals surface area contributed by atoms with E-state index in [1.54, 1.807) is 13.0 Å². The zero-order valence-electron chi connectivity index (χ0n) is 10.3. The van der Waals surface area contributed by atoms with Gasteiger partial charge in [-0.25, -0.2) is 4.79 Å². The van der Waals surface area contributed by atoms with Crippen molar-refractivity contribution < 1.29 is 14.6 Å². The maximum absolute atomic E-state index is 11.1. The van der Waals surface area contributed by atoms with Crippen LogP contribution in [0.4, 0.5) is 0 Å². The molecule has 0 aliphatic heterocycles. The topological polar surface area (TPSA) is 59.4 Å². The van der Waals surface area contributed by atoms with Crippen molar-refractivity contribution in [2.24, 2.45) is 0 Å². The highest BCUT2D eigenvalue weighted by molar-refractivity contribution is 9.10. The summed E-state index contributed by atoms with van der Waals surface area (Å²) in [5, 5.41) is 9.08. The maximum atomic E-state index is 11.1. The van der Waals surface area contributed by atoms with E-state index in [0.717, 1.165) is 10.0 Å². The van der Waals surface area contributed by atoms with E-state index in [0.29, 0.717) is 18.1 Å². The molecule has 0 spiro atoms. The van der Waals surface area contributed by atoms with E-state index in [2.05, 4.69) is 20.9 Å². The van der Waals surface area contributed by atoms with Crippen LogP contribution >= 0.6 is 15.9 Å². The van der Waals surface area contributed by atoms with Crippen molar-refractivity contribution in [3.05, 3.63) is 57.8 Å². The molecule has 0 amide bonds. The summed E-state index contributed by atoms with van der Waals surface area (Å²) in [4.78, 5) is 15.0. The molecule has 0 saturated heterocycles. The number of carbonyl (C=O) groups is 1. The maximum Gasteiger partial charge on any atom is 0.341 e. The Balaban J connectivity index is 2.22. The van der Waals surface area contributed by atoms with Crippen LogP contribution in [0.1, 0.15) is 21.6 Å². The van der Waals surface area contributed by atoms with Gasteiger partial charge < -0.3 is 9.84 Å². The lowest BCUT2D eigenvalue weighted by atomic mass is 10.2. The Morgan fingerprint density at radius 1 is 1.42 bits per heavy atom. The highest BCUT2D eigenvalue weighted by atomic mass is 79.9. The molecule has 0 aliphatic rings. The quantitative estimate of drug-likeness (QED) is 0.937. The van der Waals surface area contributed by atoms with Crippen LogP contribution < -0.4 is 4.74 Å². The molecule has 1 heterocycles. The van der Waals surface area contributed by atoms with Gasteiger partial charge in [0.05, 0.1) is 0 Å². The van der Waals surface area contributed by atoms with Gasteiger partial charge in [-0.05, 0) is 13.0 Å². The second kappa shape index (κ2) is 5.84. The van der Waals surface area contributed by atoms with E-state index in [-0.39, 0.29) is 5.56 Å². The van der Waals surface area contributed by atoms with Gasteiger partial charge in [-0.3, -0.25) is 4.98 Å². The summed E-state index contributed by atoms with van der Waals surface area (Å²) in [6, 6.07) is 9.26. The summed E-state index contributed by atoms with van der Waals surface area (Å²) < 4.78 is 6.52. The first-order valence-electron chi connectivity index (χ1n) is 5.64. The molecule has 0 atom stereocenters. The smallest absolute Gasteiger partial charge is 0.341 e. The SMILES string of the molecule is Cc1cc(OCc2ccccc2Br)c(C(=O)O)cn1. The molecule has 0 bridgehead atoms. The van der Waals surface area contributed by atoms with E-state index in [1.165, 1.54) is 6.20 Å². The van der Waals surface area contributed by atoms with Crippen molar-refractivity contribution in [2.45, 2.75) is 13.5 Å². The number of nitrogens with zero attached hydrogens (tertiary/aromatic N) is 1. The van der Waals surface area contributed by atoms with Gasteiger partial charge in [0.15, 0.2) is 0 Å². The molecule has 0 radical (unpaired) electrons. The molecule has 2 rings (SSSR count). The number of halogens is 1. The fourth-order valence-electron chi connectivity index (χ4n) is 1.59. The number of benzene rings is 1. The molecule has 0 saturated carbocycles. The summed E-state index contributed by atoms with van der Waals surface area (Å²) in [6.07, 6.45) is 1.31. The van der Waals surface area contributed by atoms with E-state index in [1.807, 2.05) is 24.3 Å². The zero-order valence-corrected chi connectivity index (χ0v) is 11.8. The molecule has 98 valence electrons. The van der Waals surface area contributed by atoms with E-state index in [4.69, 9.17) is 9.84 Å². The predicted octanol–water partition coefficient (Wildman–Crippen LogP) is 3.43. The Bertz CT molecular complexity index is 613. The van der Waals surface area contributed by atoms with E-state index < -0.39 is 5.97 Å². The van der Waals surface area contributed by atoms with Gasteiger partial charge in [0.25, 0.3) is 0 Å². The molecule has 0 fully saturated rings. The molecule has 0 unspecified atom stereocenters. The van der Waals surface area contributed by atoms with Crippen LogP contribution in [0.2, 0.25) is 0 Å². The average Bonchev–Trinajstić information content (AvgIpc) is 2.37. The fraction of sp³-hybridized carbons (Fsp3) is 0.143. The third kappa shape index (κ3) is 3.32. The summed E-state index contributed by atoms with van der Waals surface area (Å²) in [7, 11) is 0. The van der Waals surface area contributed by atoms with Gasteiger partial charge in [0, 0.05) is 28.0 Å². The minimum atomic E-state index is -1.05. The number of aromatic carboxylic acids is 1. The number of hydrogen-bond acceptors (Lipinski definition) is 3. The van der Waals surface area contributed by atoms with E-state index in [9.17, 15) is 4.79 Å². The second-order valence-electron chi connectivity index (χ2n) is 4.01. The number of aryl methyl sites for hydroxylation is 1. The molecule has 5 heteroatoms. The number of carboxylic acids is 1. The molecule has 1 aromatic carbocycles. The first kappa shape index (κ1) is 13.5. The predicted molar refractivity (Wildman–Crippen MR) is 74.4 cm³/mol. The Labute approximate surface area is 119 Å². The van der Waals surface area contributed by atoms with Crippen molar-refractivity contribution in [1.82, 2.24) is 4.98 Å². The number of pyridine rings is 1. The third-order valence-corrected chi connectivity index (χ3v) is 3.35. The molecule has 1 aromatic heterocycles. The van der Waals surface area contributed by atoms with Crippen molar-refractivity contribution >= 4 is 21.9 Å². The van der Waals surface area contributed by atoms with Crippen LogP contribution in [-0.4, -0.2) is 16.1 Å². The largest absolute Gasteiger partial charge is 0.488 e. The lowest BCUT2D eigenvalue weighted by molar-refractivity contribution is 0.0691. The van der Waals surface area contributed by atoms with Crippen LogP contribution in [0.25, 0.3) is 0 Å². The fourth-order valence-corrected chi connectivity index (χ4v) is 1.98. The van der Waals surface area contributed by atoms with Gasteiger partial charge in [-0.2, -0.15) is 0 Å². The highest BCUT2D eigenvalue weighted by Gasteiger charge is 2.12. The van der Waals surface area contributed by atoms with Crippen LogP contribution in [0.15, 0.2) is 41.0 Å². The lowest BCUT2D eigenvalue weighted by Crippen LogP contribution is -2.05. The van der Waals surface area contributed by atoms with Crippen molar-refractivity contribution in [3.8, 4) is 5.75 Å².